The molecule has 4 rings (SSSR count). The fourth-order valence-corrected chi connectivity index (χ4v) is 4.54. The van der Waals surface area contributed by atoms with Crippen LogP contribution in [0.15, 0.2) is 29.2 Å². The van der Waals surface area contributed by atoms with Crippen LogP contribution < -0.4 is 5.32 Å². The summed E-state index contributed by atoms with van der Waals surface area (Å²) < 4.78 is 39.8. The van der Waals surface area contributed by atoms with Gasteiger partial charge in [-0.1, -0.05) is 17.7 Å². The van der Waals surface area contributed by atoms with Crippen molar-refractivity contribution in [2.75, 3.05) is 26.3 Å². The monoisotopic (exact) mass is 410 g/mol. The lowest BCUT2D eigenvalue weighted by molar-refractivity contribution is -0.0355. The minimum absolute atomic E-state index is 0.0308. The molecule has 0 aromatic heterocycles. The highest BCUT2D eigenvalue weighted by Crippen LogP contribution is 2.33. The van der Waals surface area contributed by atoms with Crippen molar-refractivity contribution < 1.29 is 31.7 Å². The van der Waals surface area contributed by atoms with Crippen molar-refractivity contribution >= 4 is 22.3 Å². The molecule has 1 aromatic rings. The Morgan fingerprint density at radius 3 is 2.57 bits per heavy atom. The van der Waals surface area contributed by atoms with Crippen LogP contribution in [0.4, 0.5) is 9.59 Å². The molecule has 28 heavy (non-hydrogen) atoms. The third-order valence-corrected chi connectivity index (χ3v) is 6.62. The number of amides is 2. The number of cyclic esters (lactones) is 1. The smallest absolute Gasteiger partial charge is 0.410 e. The number of rotatable bonds is 5. The SMILES string of the molecule is Cc1ccc(S(=O)(=O)OC[C@H]2C[C@@H](OC(=O)N3CC4(COC(=O)N4)C3)C2)cc1. The third kappa shape index (κ3) is 3.79. The summed E-state index contributed by atoms with van der Waals surface area (Å²) in [6.45, 7) is 2.94. The minimum atomic E-state index is -3.78. The summed E-state index contributed by atoms with van der Waals surface area (Å²) >= 11 is 0. The molecule has 2 saturated heterocycles. The first-order chi connectivity index (χ1) is 13.2. The topological polar surface area (TPSA) is 111 Å². The molecule has 2 amide bonds. The van der Waals surface area contributed by atoms with Gasteiger partial charge in [-0.2, -0.15) is 8.42 Å². The molecule has 1 N–H and O–H groups in total. The second-order valence-corrected chi connectivity index (χ2v) is 9.35. The molecule has 3 fully saturated rings. The zero-order valence-electron chi connectivity index (χ0n) is 15.4. The first kappa shape index (κ1) is 19.0. The lowest BCUT2D eigenvalue weighted by Gasteiger charge is -2.46. The van der Waals surface area contributed by atoms with E-state index in [4.69, 9.17) is 13.7 Å². The van der Waals surface area contributed by atoms with Gasteiger partial charge in [-0.25, -0.2) is 9.59 Å². The summed E-state index contributed by atoms with van der Waals surface area (Å²) in [5.74, 6) is 0.0308. The maximum atomic E-state index is 12.2. The van der Waals surface area contributed by atoms with Crippen molar-refractivity contribution in [2.24, 2.45) is 5.92 Å². The minimum Gasteiger partial charge on any atom is -0.447 e. The Kier molecular flexibility index (Phi) is 4.70. The van der Waals surface area contributed by atoms with E-state index in [-0.39, 0.29) is 30.1 Å². The van der Waals surface area contributed by atoms with E-state index in [1.807, 2.05) is 6.92 Å². The molecule has 9 nitrogen and oxygen atoms in total. The van der Waals surface area contributed by atoms with E-state index in [0.717, 1.165) is 5.56 Å². The fourth-order valence-electron chi connectivity index (χ4n) is 3.56. The lowest BCUT2D eigenvalue weighted by atomic mass is 9.83. The lowest BCUT2D eigenvalue weighted by Crippen LogP contribution is -2.70. The summed E-state index contributed by atoms with van der Waals surface area (Å²) in [6.07, 6.45) is -0.00451. The summed E-state index contributed by atoms with van der Waals surface area (Å²) in [7, 11) is -3.78. The van der Waals surface area contributed by atoms with Gasteiger partial charge in [0, 0.05) is 0 Å². The molecule has 10 heteroatoms. The molecule has 2 heterocycles. The Bertz CT molecular complexity index is 872. The highest BCUT2D eigenvalue weighted by atomic mass is 32.2. The van der Waals surface area contributed by atoms with E-state index in [1.165, 1.54) is 17.0 Å². The molecule has 0 radical (unpaired) electrons. The van der Waals surface area contributed by atoms with Crippen LogP contribution in [0.5, 0.6) is 0 Å². The number of alkyl carbamates (subject to hydrolysis) is 1. The van der Waals surface area contributed by atoms with Gasteiger partial charge in [0.1, 0.15) is 18.2 Å². The Morgan fingerprint density at radius 1 is 1.29 bits per heavy atom. The number of likely N-dealkylation sites (tertiary alicyclic amines) is 1. The molecule has 3 aliphatic rings. The fraction of sp³-hybridized carbons (Fsp3) is 0.556. The van der Waals surface area contributed by atoms with Crippen molar-refractivity contribution in [3.05, 3.63) is 29.8 Å². The second-order valence-electron chi connectivity index (χ2n) is 7.73. The summed E-state index contributed by atoms with van der Waals surface area (Å²) in [5, 5.41) is 2.70. The highest BCUT2D eigenvalue weighted by Gasteiger charge is 2.52. The van der Waals surface area contributed by atoms with Crippen LogP contribution in [-0.2, 0) is 23.8 Å². The number of carbonyl (C=O) groups excluding carboxylic acids is 2. The van der Waals surface area contributed by atoms with Crippen molar-refractivity contribution in [2.45, 2.75) is 36.3 Å². The first-order valence-corrected chi connectivity index (χ1v) is 10.5. The van der Waals surface area contributed by atoms with Gasteiger partial charge in [0.25, 0.3) is 10.1 Å². The van der Waals surface area contributed by atoms with E-state index >= 15 is 0 Å². The van der Waals surface area contributed by atoms with Crippen LogP contribution in [-0.4, -0.2) is 63.5 Å². The predicted octanol–water partition coefficient (Wildman–Crippen LogP) is 1.41. The van der Waals surface area contributed by atoms with Crippen LogP contribution in [0.25, 0.3) is 0 Å². The molecule has 0 bridgehead atoms. The molecule has 1 aliphatic carbocycles. The average molecular weight is 410 g/mol. The van der Waals surface area contributed by atoms with Crippen LogP contribution in [0.2, 0.25) is 0 Å². The molecule has 0 unspecified atom stereocenters. The van der Waals surface area contributed by atoms with Crippen LogP contribution in [0.3, 0.4) is 0 Å². The van der Waals surface area contributed by atoms with Gasteiger partial charge in [-0.15, -0.1) is 0 Å². The molecular weight excluding hydrogens is 388 g/mol. The Balaban J connectivity index is 1.17. The zero-order valence-corrected chi connectivity index (χ0v) is 16.2. The summed E-state index contributed by atoms with van der Waals surface area (Å²) in [4.78, 5) is 24.9. The molecule has 152 valence electrons. The number of hydrogen-bond acceptors (Lipinski definition) is 7. The first-order valence-electron chi connectivity index (χ1n) is 9.11. The van der Waals surface area contributed by atoms with Crippen LogP contribution in [0.1, 0.15) is 18.4 Å². The quantitative estimate of drug-likeness (QED) is 0.731. The van der Waals surface area contributed by atoms with E-state index in [2.05, 4.69) is 5.32 Å². The molecule has 1 saturated carbocycles. The van der Waals surface area contributed by atoms with Crippen molar-refractivity contribution in [1.82, 2.24) is 10.2 Å². The second kappa shape index (κ2) is 6.93. The number of nitrogens with zero attached hydrogens (tertiary/aromatic N) is 1. The largest absolute Gasteiger partial charge is 0.447 e. The number of benzene rings is 1. The van der Waals surface area contributed by atoms with Gasteiger partial charge >= 0.3 is 12.2 Å². The van der Waals surface area contributed by atoms with Crippen molar-refractivity contribution in [3.8, 4) is 0 Å². The molecule has 0 atom stereocenters. The number of hydrogen-bond donors (Lipinski definition) is 1. The molecule has 1 aromatic carbocycles. The van der Waals surface area contributed by atoms with E-state index < -0.39 is 27.8 Å². The Morgan fingerprint density at radius 2 is 1.96 bits per heavy atom. The Hall–Kier alpha value is -2.33. The van der Waals surface area contributed by atoms with Gasteiger partial charge in [0.05, 0.1) is 24.6 Å². The van der Waals surface area contributed by atoms with Crippen LogP contribution in [0, 0.1) is 12.8 Å². The van der Waals surface area contributed by atoms with Gasteiger partial charge in [-0.3, -0.25) is 4.18 Å². The van der Waals surface area contributed by atoms with Gasteiger partial charge in [0.15, 0.2) is 0 Å². The molecule has 1 spiro atoms. The van der Waals surface area contributed by atoms with Crippen LogP contribution >= 0.6 is 0 Å². The predicted molar refractivity (Wildman–Crippen MR) is 96.1 cm³/mol. The third-order valence-electron chi connectivity index (χ3n) is 5.32. The van der Waals surface area contributed by atoms with Gasteiger partial charge in [0.2, 0.25) is 0 Å². The summed E-state index contributed by atoms with van der Waals surface area (Å²) in [6, 6.07) is 6.48. The van der Waals surface area contributed by atoms with E-state index in [9.17, 15) is 18.0 Å². The average Bonchev–Trinajstić information content (AvgIpc) is 2.98. The number of ether oxygens (including phenoxy) is 2. The Labute approximate surface area is 163 Å². The number of nitrogens with one attached hydrogen (secondary N) is 1. The molecular formula is C18H22N2O7S. The van der Waals surface area contributed by atoms with E-state index in [0.29, 0.717) is 25.9 Å². The zero-order chi connectivity index (χ0) is 19.9. The highest BCUT2D eigenvalue weighted by molar-refractivity contribution is 7.86. The molecule has 2 aliphatic heterocycles. The summed E-state index contributed by atoms with van der Waals surface area (Å²) in [5.41, 5.74) is 0.495. The maximum absolute atomic E-state index is 12.2. The van der Waals surface area contributed by atoms with Crippen molar-refractivity contribution in [3.63, 3.8) is 0 Å². The number of aryl methyl sites for hydroxylation is 1. The number of carbonyl (C=O) groups is 2. The standard InChI is InChI=1S/C18H22N2O7S/c1-12-2-4-15(5-3-12)28(23,24)26-8-13-6-14(7-13)27-17(22)20-9-18(10-20)11-25-16(21)19-18/h2-5,13-14H,6-11H2,1H3,(H,19,21)/t13-,14+. The normalized spacial score (nSPS) is 25.5. The maximum Gasteiger partial charge on any atom is 0.410 e. The van der Waals surface area contributed by atoms with E-state index in [1.54, 1.807) is 12.1 Å². The van der Waals surface area contributed by atoms with Crippen molar-refractivity contribution in [1.29, 1.82) is 0 Å². The van der Waals surface area contributed by atoms with Gasteiger partial charge in [-0.05, 0) is 37.8 Å². The van der Waals surface area contributed by atoms with Gasteiger partial charge < -0.3 is 19.7 Å².